The minimum Gasteiger partial charge on any atom is -0.317 e. The van der Waals surface area contributed by atoms with Gasteiger partial charge in [-0.25, -0.2) is 0 Å². The number of likely N-dealkylation sites (tertiary alicyclic amines) is 1. The number of hydrogen-bond donors (Lipinski definition) is 1. The van der Waals surface area contributed by atoms with Gasteiger partial charge in [-0.15, -0.1) is 0 Å². The highest BCUT2D eigenvalue weighted by Gasteiger charge is 2.35. The molecule has 1 heterocycles. The summed E-state index contributed by atoms with van der Waals surface area (Å²) >= 11 is 0. The fourth-order valence-electron chi connectivity index (χ4n) is 4.28. The topological polar surface area (TPSA) is 15.3 Å². The molecule has 0 radical (unpaired) electrons. The molecule has 3 unspecified atom stereocenters. The molecule has 2 fully saturated rings. The monoisotopic (exact) mass is 280 g/mol. The van der Waals surface area contributed by atoms with E-state index in [0.717, 1.165) is 17.9 Å². The normalized spacial score (nSPS) is 33.9. The molecule has 1 aliphatic carbocycles. The van der Waals surface area contributed by atoms with E-state index in [1.807, 2.05) is 0 Å². The van der Waals surface area contributed by atoms with Crippen molar-refractivity contribution in [3.63, 3.8) is 0 Å². The van der Waals surface area contributed by atoms with Crippen LogP contribution in [0.4, 0.5) is 0 Å². The Morgan fingerprint density at radius 3 is 2.20 bits per heavy atom. The fourth-order valence-corrected chi connectivity index (χ4v) is 4.28. The molecule has 0 aromatic carbocycles. The summed E-state index contributed by atoms with van der Waals surface area (Å²) in [5.74, 6) is 1.76. The Kier molecular flexibility index (Phi) is 5.92. The first kappa shape index (κ1) is 16.3. The van der Waals surface area contributed by atoms with Gasteiger partial charge < -0.3 is 10.2 Å². The molecule has 20 heavy (non-hydrogen) atoms. The predicted octanol–water partition coefficient (Wildman–Crippen LogP) is 3.91. The van der Waals surface area contributed by atoms with Crippen LogP contribution >= 0.6 is 0 Å². The van der Waals surface area contributed by atoms with Crippen LogP contribution in [0.5, 0.6) is 0 Å². The Hall–Kier alpha value is -0.0800. The van der Waals surface area contributed by atoms with Gasteiger partial charge in [0.25, 0.3) is 0 Å². The minimum absolute atomic E-state index is 0.482. The van der Waals surface area contributed by atoms with Crippen molar-refractivity contribution in [2.75, 3.05) is 26.7 Å². The molecule has 0 bridgehead atoms. The molecule has 0 spiro atoms. The van der Waals surface area contributed by atoms with Gasteiger partial charge in [0, 0.05) is 12.6 Å². The molecule has 2 rings (SSSR count). The molecule has 1 aliphatic heterocycles. The number of rotatable bonds is 3. The largest absolute Gasteiger partial charge is 0.317 e. The second-order valence-corrected chi connectivity index (χ2v) is 8.25. The van der Waals surface area contributed by atoms with Crippen LogP contribution in [-0.4, -0.2) is 37.6 Å². The third-order valence-corrected chi connectivity index (χ3v) is 5.77. The first-order chi connectivity index (χ1) is 9.50. The summed E-state index contributed by atoms with van der Waals surface area (Å²) in [6, 6.07) is 0.747. The lowest BCUT2D eigenvalue weighted by Gasteiger charge is -2.43. The van der Waals surface area contributed by atoms with E-state index in [1.54, 1.807) is 0 Å². The smallest absolute Gasteiger partial charge is 0.0105 e. The molecule has 0 aromatic rings. The van der Waals surface area contributed by atoms with Crippen LogP contribution in [0, 0.1) is 17.3 Å². The molecule has 2 aliphatic rings. The highest BCUT2D eigenvalue weighted by Crippen LogP contribution is 2.40. The first-order valence-corrected chi connectivity index (χ1v) is 8.90. The van der Waals surface area contributed by atoms with E-state index in [0.29, 0.717) is 5.41 Å². The molecule has 2 nitrogen and oxygen atoms in total. The number of nitrogens with one attached hydrogen (secondary N) is 1. The van der Waals surface area contributed by atoms with E-state index >= 15 is 0 Å². The van der Waals surface area contributed by atoms with E-state index in [9.17, 15) is 0 Å². The van der Waals surface area contributed by atoms with Crippen LogP contribution in [0.2, 0.25) is 0 Å². The van der Waals surface area contributed by atoms with E-state index in [4.69, 9.17) is 0 Å². The lowest BCUT2D eigenvalue weighted by Crippen LogP contribution is -2.46. The maximum atomic E-state index is 3.60. The zero-order chi connectivity index (χ0) is 14.6. The maximum Gasteiger partial charge on any atom is 0.0105 e. The molecular weight excluding hydrogens is 244 g/mol. The predicted molar refractivity (Wildman–Crippen MR) is 88.0 cm³/mol. The quantitative estimate of drug-likeness (QED) is 0.843. The molecule has 1 N–H and O–H groups in total. The Morgan fingerprint density at radius 2 is 1.65 bits per heavy atom. The van der Waals surface area contributed by atoms with Crippen LogP contribution in [0.1, 0.15) is 65.7 Å². The summed E-state index contributed by atoms with van der Waals surface area (Å²) in [6.07, 6.45) is 9.93. The van der Waals surface area contributed by atoms with Crippen LogP contribution < -0.4 is 5.32 Å². The highest BCUT2D eigenvalue weighted by molar-refractivity contribution is 4.90. The first-order valence-electron chi connectivity index (χ1n) is 8.90. The van der Waals surface area contributed by atoms with Gasteiger partial charge >= 0.3 is 0 Å². The zero-order valence-corrected chi connectivity index (χ0v) is 14.3. The lowest BCUT2D eigenvalue weighted by molar-refractivity contribution is 0.0905. The SMILES string of the molecule is CNC1CCC(C(C)(C)C)CC1CN1CCCCCC1. The molecule has 0 aromatic heterocycles. The molecule has 1 saturated heterocycles. The van der Waals surface area contributed by atoms with E-state index in [-0.39, 0.29) is 0 Å². The summed E-state index contributed by atoms with van der Waals surface area (Å²) in [5.41, 5.74) is 0.482. The van der Waals surface area contributed by atoms with Crippen molar-refractivity contribution in [3.05, 3.63) is 0 Å². The maximum absolute atomic E-state index is 3.60. The van der Waals surface area contributed by atoms with Gasteiger partial charge in [-0.3, -0.25) is 0 Å². The van der Waals surface area contributed by atoms with Crippen LogP contribution in [0.3, 0.4) is 0 Å². The van der Waals surface area contributed by atoms with Gasteiger partial charge in [-0.1, -0.05) is 33.6 Å². The van der Waals surface area contributed by atoms with Gasteiger partial charge in [-0.05, 0) is 69.5 Å². The number of hydrogen-bond acceptors (Lipinski definition) is 2. The fraction of sp³-hybridized carbons (Fsp3) is 1.00. The third-order valence-electron chi connectivity index (χ3n) is 5.77. The Labute approximate surface area is 126 Å². The van der Waals surface area contributed by atoms with Crippen molar-refractivity contribution in [2.45, 2.75) is 71.8 Å². The van der Waals surface area contributed by atoms with Crippen LogP contribution in [0.15, 0.2) is 0 Å². The molecule has 118 valence electrons. The Balaban J connectivity index is 1.94. The second kappa shape index (κ2) is 7.26. The van der Waals surface area contributed by atoms with E-state index < -0.39 is 0 Å². The Bertz CT molecular complexity index is 274. The minimum atomic E-state index is 0.482. The highest BCUT2D eigenvalue weighted by atomic mass is 15.1. The summed E-state index contributed by atoms with van der Waals surface area (Å²) in [4.78, 5) is 2.76. The van der Waals surface area contributed by atoms with Crippen molar-refractivity contribution in [2.24, 2.45) is 17.3 Å². The van der Waals surface area contributed by atoms with Gasteiger partial charge in [0.05, 0.1) is 0 Å². The van der Waals surface area contributed by atoms with Crippen molar-refractivity contribution in [3.8, 4) is 0 Å². The molecule has 0 amide bonds. The third kappa shape index (κ3) is 4.46. The average molecular weight is 280 g/mol. The molecular formula is C18H36N2. The van der Waals surface area contributed by atoms with Crippen LogP contribution in [-0.2, 0) is 0 Å². The summed E-state index contributed by atoms with van der Waals surface area (Å²) in [7, 11) is 2.16. The lowest BCUT2D eigenvalue weighted by atomic mass is 9.67. The summed E-state index contributed by atoms with van der Waals surface area (Å²) in [6.45, 7) is 11.3. The van der Waals surface area contributed by atoms with Gasteiger partial charge in [0.2, 0.25) is 0 Å². The average Bonchev–Trinajstić information content (AvgIpc) is 2.66. The van der Waals surface area contributed by atoms with Crippen molar-refractivity contribution in [1.29, 1.82) is 0 Å². The van der Waals surface area contributed by atoms with Crippen molar-refractivity contribution < 1.29 is 0 Å². The van der Waals surface area contributed by atoms with Gasteiger partial charge in [0.15, 0.2) is 0 Å². The van der Waals surface area contributed by atoms with Gasteiger partial charge in [-0.2, -0.15) is 0 Å². The van der Waals surface area contributed by atoms with E-state index in [1.165, 1.54) is 64.6 Å². The summed E-state index contributed by atoms with van der Waals surface area (Å²) in [5, 5.41) is 3.60. The molecule has 3 atom stereocenters. The van der Waals surface area contributed by atoms with Crippen molar-refractivity contribution in [1.82, 2.24) is 10.2 Å². The molecule has 1 saturated carbocycles. The zero-order valence-electron chi connectivity index (χ0n) is 14.3. The van der Waals surface area contributed by atoms with Gasteiger partial charge in [0.1, 0.15) is 0 Å². The Morgan fingerprint density at radius 1 is 1.00 bits per heavy atom. The van der Waals surface area contributed by atoms with Crippen LogP contribution in [0.25, 0.3) is 0 Å². The summed E-state index contributed by atoms with van der Waals surface area (Å²) < 4.78 is 0. The number of nitrogens with zero attached hydrogens (tertiary/aromatic N) is 1. The van der Waals surface area contributed by atoms with Crippen molar-refractivity contribution >= 4 is 0 Å². The standard InChI is InChI=1S/C18H36N2/c1-18(2,3)16-9-10-17(19-4)15(13-16)14-20-11-7-5-6-8-12-20/h15-17,19H,5-14H2,1-4H3. The molecule has 2 heteroatoms. The second-order valence-electron chi connectivity index (χ2n) is 8.25. The van der Waals surface area contributed by atoms with E-state index in [2.05, 4.69) is 38.0 Å².